The Morgan fingerprint density at radius 1 is 1.00 bits per heavy atom. The maximum absolute atomic E-state index is 11.8. The lowest BCUT2D eigenvalue weighted by molar-refractivity contribution is -0.129. The molecular weight excluding hydrogens is 274 g/mol. The third-order valence-corrected chi connectivity index (χ3v) is 3.18. The van der Waals surface area contributed by atoms with E-state index in [9.17, 15) is 4.79 Å². The number of carbonyl (C=O) groups is 1. The molecule has 0 radical (unpaired) electrons. The molecule has 0 amide bonds. The zero-order valence-electron chi connectivity index (χ0n) is 10.4. The van der Waals surface area contributed by atoms with Crippen molar-refractivity contribution in [2.24, 2.45) is 4.99 Å². The smallest absolute Gasteiger partial charge is 0.363 e. The molecule has 3 nitrogen and oxygen atoms in total. The Hall–Kier alpha value is -2.39. The second-order valence-electron chi connectivity index (χ2n) is 4.22. The van der Waals surface area contributed by atoms with Gasteiger partial charge < -0.3 is 4.74 Å². The lowest BCUT2D eigenvalue weighted by Gasteiger charge is -1.97. The zero-order valence-corrected chi connectivity index (χ0v) is 11.2. The highest BCUT2D eigenvalue weighted by atomic mass is 35.5. The summed E-state index contributed by atoms with van der Waals surface area (Å²) in [5.41, 5.74) is 1.75. The SMILES string of the molecule is O=C1OC(c2ccccc2)=N/C1=C/c1ccccc1Cl. The van der Waals surface area contributed by atoms with E-state index in [1.165, 1.54) is 0 Å². The predicted octanol–water partition coefficient (Wildman–Crippen LogP) is 3.68. The van der Waals surface area contributed by atoms with Gasteiger partial charge in [-0.15, -0.1) is 0 Å². The van der Waals surface area contributed by atoms with Gasteiger partial charge in [-0.3, -0.25) is 0 Å². The van der Waals surface area contributed by atoms with Crippen LogP contribution in [0.3, 0.4) is 0 Å². The molecule has 0 saturated carbocycles. The summed E-state index contributed by atoms with van der Waals surface area (Å²) in [4.78, 5) is 16.0. The third kappa shape index (κ3) is 2.49. The molecule has 1 aliphatic heterocycles. The number of hydrogen-bond acceptors (Lipinski definition) is 3. The van der Waals surface area contributed by atoms with E-state index in [1.807, 2.05) is 48.5 Å². The number of benzene rings is 2. The van der Waals surface area contributed by atoms with Gasteiger partial charge in [0.15, 0.2) is 5.70 Å². The van der Waals surface area contributed by atoms with Crippen LogP contribution >= 0.6 is 11.6 Å². The first-order chi connectivity index (χ1) is 9.74. The van der Waals surface area contributed by atoms with Crippen LogP contribution in [0.4, 0.5) is 0 Å². The molecule has 0 atom stereocenters. The first kappa shape index (κ1) is 12.6. The number of halogens is 1. The lowest BCUT2D eigenvalue weighted by atomic mass is 10.2. The average Bonchev–Trinajstić information content (AvgIpc) is 2.84. The summed E-state index contributed by atoms with van der Waals surface area (Å²) in [6, 6.07) is 16.5. The summed E-state index contributed by atoms with van der Waals surface area (Å²) in [7, 11) is 0. The zero-order chi connectivity index (χ0) is 13.9. The minimum absolute atomic E-state index is 0.247. The molecule has 20 heavy (non-hydrogen) atoms. The van der Waals surface area contributed by atoms with Gasteiger partial charge >= 0.3 is 5.97 Å². The third-order valence-electron chi connectivity index (χ3n) is 2.84. The standard InChI is InChI=1S/C16H10ClNO2/c17-13-9-5-4-8-12(13)10-14-16(19)20-15(18-14)11-6-2-1-3-7-11/h1-10H/b14-10+. The normalized spacial score (nSPS) is 16.1. The van der Waals surface area contributed by atoms with Gasteiger partial charge in [0, 0.05) is 10.6 Å². The summed E-state index contributed by atoms with van der Waals surface area (Å²) < 4.78 is 5.17. The molecule has 1 heterocycles. The van der Waals surface area contributed by atoms with Gasteiger partial charge in [-0.2, -0.15) is 0 Å². The van der Waals surface area contributed by atoms with Crippen molar-refractivity contribution in [3.05, 3.63) is 76.4 Å². The van der Waals surface area contributed by atoms with Crippen LogP contribution in [0.1, 0.15) is 11.1 Å². The van der Waals surface area contributed by atoms with Crippen LogP contribution < -0.4 is 0 Å². The van der Waals surface area contributed by atoms with Crippen LogP contribution in [-0.2, 0) is 9.53 Å². The molecule has 0 unspecified atom stereocenters. The molecule has 2 aromatic carbocycles. The highest BCUT2D eigenvalue weighted by Crippen LogP contribution is 2.22. The first-order valence-electron chi connectivity index (χ1n) is 6.06. The van der Waals surface area contributed by atoms with E-state index in [-0.39, 0.29) is 5.70 Å². The highest BCUT2D eigenvalue weighted by molar-refractivity contribution is 6.32. The molecule has 0 spiro atoms. The van der Waals surface area contributed by atoms with Crippen LogP contribution in [0.15, 0.2) is 65.3 Å². The Labute approximate surface area is 121 Å². The Balaban J connectivity index is 1.97. The summed E-state index contributed by atoms with van der Waals surface area (Å²) >= 11 is 6.06. The van der Waals surface area contributed by atoms with Crippen molar-refractivity contribution in [2.75, 3.05) is 0 Å². The van der Waals surface area contributed by atoms with E-state index in [4.69, 9.17) is 16.3 Å². The van der Waals surface area contributed by atoms with E-state index in [2.05, 4.69) is 4.99 Å². The highest BCUT2D eigenvalue weighted by Gasteiger charge is 2.24. The molecule has 0 saturated heterocycles. The Morgan fingerprint density at radius 2 is 1.70 bits per heavy atom. The number of ether oxygens (including phenoxy) is 1. The molecule has 4 heteroatoms. The van der Waals surface area contributed by atoms with E-state index in [1.54, 1.807) is 12.1 Å². The molecular formula is C16H10ClNO2. The average molecular weight is 284 g/mol. The maximum Gasteiger partial charge on any atom is 0.363 e. The number of rotatable bonds is 2. The Kier molecular flexibility index (Phi) is 3.35. The molecule has 0 bridgehead atoms. The van der Waals surface area contributed by atoms with Gasteiger partial charge in [0.05, 0.1) is 0 Å². The number of nitrogens with zero attached hydrogens (tertiary/aromatic N) is 1. The van der Waals surface area contributed by atoms with Crippen molar-refractivity contribution in [1.29, 1.82) is 0 Å². The fourth-order valence-corrected chi connectivity index (χ4v) is 2.04. The van der Waals surface area contributed by atoms with Gasteiger partial charge in [-0.25, -0.2) is 9.79 Å². The van der Waals surface area contributed by atoms with E-state index in [0.29, 0.717) is 10.9 Å². The summed E-state index contributed by atoms with van der Waals surface area (Å²) in [6.07, 6.45) is 1.63. The van der Waals surface area contributed by atoms with Crippen molar-refractivity contribution < 1.29 is 9.53 Å². The van der Waals surface area contributed by atoms with E-state index in [0.717, 1.165) is 11.1 Å². The first-order valence-corrected chi connectivity index (χ1v) is 6.44. The number of carbonyl (C=O) groups excluding carboxylic acids is 1. The molecule has 3 rings (SSSR count). The molecule has 0 fully saturated rings. The summed E-state index contributed by atoms with van der Waals surface area (Å²) in [6.45, 7) is 0. The topological polar surface area (TPSA) is 38.7 Å². The fourth-order valence-electron chi connectivity index (χ4n) is 1.85. The number of aliphatic imine (C=N–C) groups is 1. The molecule has 2 aromatic rings. The van der Waals surface area contributed by atoms with Crippen molar-refractivity contribution in [3.63, 3.8) is 0 Å². The van der Waals surface area contributed by atoms with Crippen molar-refractivity contribution in [3.8, 4) is 0 Å². The van der Waals surface area contributed by atoms with Crippen LogP contribution in [0, 0.1) is 0 Å². The van der Waals surface area contributed by atoms with Gasteiger partial charge in [-0.05, 0) is 29.8 Å². The minimum atomic E-state index is -0.469. The van der Waals surface area contributed by atoms with Crippen molar-refractivity contribution in [2.45, 2.75) is 0 Å². The van der Waals surface area contributed by atoms with Crippen LogP contribution in [-0.4, -0.2) is 11.9 Å². The molecule has 0 N–H and O–H groups in total. The Bertz CT molecular complexity index is 720. The summed E-state index contributed by atoms with van der Waals surface area (Å²) in [5.74, 6) is -0.155. The number of esters is 1. The quantitative estimate of drug-likeness (QED) is 0.623. The molecule has 0 aromatic heterocycles. The number of hydrogen-bond donors (Lipinski definition) is 0. The minimum Gasteiger partial charge on any atom is -0.402 e. The van der Waals surface area contributed by atoms with Gasteiger partial charge in [-0.1, -0.05) is 48.0 Å². The van der Waals surface area contributed by atoms with E-state index < -0.39 is 5.97 Å². The lowest BCUT2D eigenvalue weighted by Crippen LogP contribution is -2.04. The monoisotopic (exact) mass is 283 g/mol. The largest absolute Gasteiger partial charge is 0.402 e. The van der Waals surface area contributed by atoms with Crippen LogP contribution in [0.5, 0.6) is 0 Å². The van der Waals surface area contributed by atoms with Gasteiger partial charge in [0.1, 0.15) is 0 Å². The second-order valence-corrected chi connectivity index (χ2v) is 4.63. The molecule has 0 aliphatic carbocycles. The maximum atomic E-state index is 11.8. The van der Waals surface area contributed by atoms with Crippen molar-refractivity contribution in [1.82, 2.24) is 0 Å². The summed E-state index contributed by atoms with van der Waals surface area (Å²) in [5, 5.41) is 0.566. The van der Waals surface area contributed by atoms with E-state index >= 15 is 0 Å². The number of cyclic esters (lactones) is 1. The Morgan fingerprint density at radius 3 is 2.45 bits per heavy atom. The fraction of sp³-hybridized carbons (Fsp3) is 0. The predicted molar refractivity (Wildman–Crippen MR) is 78.5 cm³/mol. The van der Waals surface area contributed by atoms with Crippen molar-refractivity contribution >= 4 is 29.5 Å². The molecule has 1 aliphatic rings. The van der Waals surface area contributed by atoms with Gasteiger partial charge in [0.2, 0.25) is 5.90 Å². The second kappa shape index (κ2) is 5.31. The van der Waals surface area contributed by atoms with Gasteiger partial charge in [0.25, 0.3) is 0 Å². The van der Waals surface area contributed by atoms with Crippen LogP contribution in [0.25, 0.3) is 6.08 Å². The molecule has 98 valence electrons. The van der Waals surface area contributed by atoms with Crippen LogP contribution in [0.2, 0.25) is 5.02 Å².